The zero-order valence-electron chi connectivity index (χ0n) is 2.68. The van der Waals surface area contributed by atoms with E-state index in [2.05, 4.69) is 0 Å². The largest absolute Gasteiger partial charge is 3.00 e. The second kappa shape index (κ2) is 9.22. The Morgan fingerprint density at radius 1 is 1.33 bits per heavy atom. The fourth-order valence-corrected chi connectivity index (χ4v) is 0. The van der Waals surface area contributed by atoms with Crippen LogP contribution >= 0.6 is 0 Å². The van der Waals surface area contributed by atoms with E-state index in [0.29, 0.717) is 0 Å². The third kappa shape index (κ3) is 121. The van der Waals surface area contributed by atoms with Crippen molar-refractivity contribution in [3.8, 4) is 0 Å². The van der Waals surface area contributed by atoms with Gasteiger partial charge in [-0.1, -0.05) is 0 Å². The van der Waals surface area contributed by atoms with E-state index in [-0.39, 0.29) is 40.3 Å². The summed E-state index contributed by atoms with van der Waals surface area (Å²) in [5, 5.41) is 0. The Kier molecular flexibility index (Phi) is 24.4. The summed E-state index contributed by atoms with van der Waals surface area (Å²) >= 11 is 0. The van der Waals surface area contributed by atoms with Crippen LogP contribution in [0.25, 0.3) is 0 Å². The van der Waals surface area contributed by atoms with Crippen molar-refractivity contribution >= 4 is 9.17 Å². The maximum absolute atomic E-state index is 8.52. The first-order chi connectivity index (χ1) is 1.73. The van der Waals surface area contributed by atoms with Crippen molar-refractivity contribution in [2.45, 2.75) is 0 Å². The monoisotopic (exact) mass is 234 g/mol. The van der Waals surface area contributed by atoms with Gasteiger partial charge in [0.05, 0.1) is 0 Å². The topological polar surface area (TPSA) is 63.2 Å². The second-order valence-electron chi connectivity index (χ2n) is 0.250. The maximum Gasteiger partial charge on any atom is 3.00 e. The Labute approximate surface area is 63.2 Å². The molecule has 0 aliphatic heterocycles. The third-order valence-corrected chi connectivity index (χ3v) is 0. The summed E-state index contributed by atoms with van der Waals surface area (Å²) in [5.41, 5.74) is 0. The van der Waals surface area contributed by atoms with E-state index < -0.39 is 9.17 Å². The van der Waals surface area contributed by atoms with Crippen LogP contribution in [-0.2, 0) is 4.46 Å². The molecule has 0 spiro atoms. The molecule has 0 aliphatic rings. The van der Waals surface area contributed by atoms with Crippen LogP contribution < -0.4 is 14.3 Å². The first-order valence-electron chi connectivity index (χ1n) is 0.612. The Balaban J connectivity index is -0.0000000450. The van der Waals surface area contributed by atoms with Gasteiger partial charge >= 0.3 is 35.6 Å². The van der Waals surface area contributed by atoms with Gasteiger partial charge in [-0.25, -0.2) is 0 Å². The van der Waals surface area contributed by atoms with Gasteiger partial charge in [-0.3, -0.25) is 0 Å². The van der Waals surface area contributed by atoms with Gasteiger partial charge in [0.25, 0.3) is 0 Å². The molecule has 0 aromatic carbocycles. The Bertz CT molecular complexity index is 33.8. The number of hydrogen-bond acceptors (Lipinski definition) is 3. The summed E-state index contributed by atoms with van der Waals surface area (Å²) in [5.74, 6) is 0. The summed E-state index contributed by atoms with van der Waals surface area (Å²) in [4.78, 5) is 17.0. The molecule has 0 rings (SSSR count). The van der Waals surface area contributed by atoms with Crippen molar-refractivity contribution in [1.82, 2.24) is 0 Å². The van der Waals surface area contributed by atoms with Crippen LogP contribution in [0.3, 0.4) is 0 Å². The van der Waals surface area contributed by atoms with Crippen LogP contribution in [-0.4, -0.2) is 9.17 Å². The van der Waals surface area contributed by atoms with E-state index in [9.17, 15) is 0 Å². The van der Waals surface area contributed by atoms with Crippen molar-refractivity contribution in [1.29, 1.82) is 0 Å². The molecule has 0 atom stereocenters. The second-order valence-corrected chi connectivity index (χ2v) is 0.750. The molecular weight excluding hydrogens is 234 g/mol. The van der Waals surface area contributed by atoms with Crippen molar-refractivity contribution in [3.63, 3.8) is 0 Å². The number of halogens is 1. The van der Waals surface area contributed by atoms with Gasteiger partial charge in [0.2, 0.25) is 0 Å². The Morgan fingerprint density at radius 2 is 1.33 bits per heavy atom. The summed E-state index contributed by atoms with van der Waals surface area (Å²) in [6.45, 7) is 0. The molecule has 6 heavy (non-hydrogen) atoms. The van der Waals surface area contributed by atoms with E-state index in [1.165, 1.54) is 0 Å². The smallest absolute Gasteiger partial charge is 1.00 e. The van der Waals surface area contributed by atoms with E-state index in [0.717, 1.165) is 0 Å². The van der Waals surface area contributed by atoms with Crippen molar-refractivity contribution in [2.24, 2.45) is 0 Å². The molecule has 0 unspecified atom stereocenters. The molecule has 0 aromatic rings. The summed E-state index contributed by atoms with van der Waals surface area (Å²) in [6, 6.07) is 0. The van der Waals surface area contributed by atoms with Gasteiger partial charge in [-0.2, -0.15) is 0 Å². The molecule has 0 aromatic heterocycles. The molecule has 0 radical (unpaired) electrons. The molecule has 0 heterocycles. The zero-order chi connectivity index (χ0) is 3.58. The van der Waals surface area contributed by atoms with Crippen LogP contribution in [0.5, 0.6) is 0 Å². The first kappa shape index (κ1) is 15.9. The van der Waals surface area contributed by atoms with Gasteiger partial charge in [-0.15, -0.1) is 0 Å². The average molecular weight is 234 g/mol. The molecule has 3 nitrogen and oxygen atoms in total. The van der Waals surface area contributed by atoms with E-state index in [1.54, 1.807) is 0 Å². The molecule has 32 valence electrons. The Morgan fingerprint density at radius 3 is 1.33 bits per heavy atom. The van der Waals surface area contributed by atoms with Gasteiger partial charge in [0.1, 0.15) is 0 Å². The van der Waals surface area contributed by atoms with E-state index >= 15 is 0 Å². The molecular formula is FLaO3Si. The van der Waals surface area contributed by atoms with Gasteiger partial charge in [0.15, 0.2) is 0 Å². The molecule has 0 saturated carbocycles. The van der Waals surface area contributed by atoms with E-state index in [4.69, 9.17) is 14.1 Å². The minimum atomic E-state index is -3.63. The van der Waals surface area contributed by atoms with Gasteiger partial charge in [-0.05, 0) is 0 Å². The summed E-state index contributed by atoms with van der Waals surface area (Å²) < 4.78 is 8.52. The van der Waals surface area contributed by atoms with Gasteiger partial charge < -0.3 is 18.8 Å². The third-order valence-electron chi connectivity index (χ3n) is 0. The fraction of sp³-hybridized carbons (Fsp3) is 0. The zero-order valence-corrected chi connectivity index (χ0v) is 7.31. The van der Waals surface area contributed by atoms with Crippen molar-refractivity contribution in [2.75, 3.05) is 0 Å². The standard InChI is InChI=1S/FH.La.O3Si/c;;1-4(2)3/h1H;;/q;+3;-2/p-1. The minimum absolute atomic E-state index is 0. The fourth-order valence-electron chi connectivity index (χ4n) is 0. The quantitative estimate of drug-likeness (QED) is 0.392. The molecule has 0 saturated heterocycles. The normalized spacial score (nSPS) is 4.00. The van der Waals surface area contributed by atoms with Crippen LogP contribution in [0.2, 0.25) is 0 Å². The van der Waals surface area contributed by atoms with Crippen LogP contribution in [0.4, 0.5) is 0 Å². The molecule has 0 fully saturated rings. The summed E-state index contributed by atoms with van der Waals surface area (Å²) in [6.07, 6.45) is 0. The van der Waals surface area contributed by atoms with Crippen LogP contribution in [0.15, 0.2) is 0 Å². The van der Waals surface area contributed by atoms with Crippen LogP contribution in [0, 0.1) is 35.6 Å². The molecule has 0 N–H and O–H groups in total. The molecule has 0 amide bonds. The average Bonchev–Trinajstić information content (AvgIpc) is 0.811. The van der Waals surface area contributed by atoms with E-state index in [1.807, 2.05) is 0 Å². The Hall–Kier alpha value is 0.742. The number of hydrogen-bond donors (Lipinski definition) is 0. The van der Waals surface area contributed by atoms with Crippen LogP contribution in [0.1, 0.15) is 0 Å². The summed E-state index contributed by atoms with van der Waals surface area (Å²) in [7, 11) is -3.63. The minimum Gasteiger partial charge on any atom is -1.00 e. The molecule has 0 aliphatic carbocycles. The van der Waals surface area contributed by atoms with Crippen molar-refractivity contribution in [3.05, 3.63) is 0 Å². The predicted octanol–water partition coefficient (Wildman–Crippen LogP) is -5.87. The van der Waals surface area contributed by atoms with Crippen molar-refractivity contribution < 1.29 is 54.4 Å². The first-order valence-corrected chi connectivity index (χ1v) is 1.84. The maximum atomic E-state index is 8.52. The molecule has 6 heteroatoms. The predicted molar refractivity (Wildman–Crippen MR) is 6.44 cm³/mol. The SMILES string of the molecule is O=[Si]([O-])[O-].[F-].[La+3]. The van der Waals surface area contributed by atoms with Gasteiger partial charge in [0, 0.05) is 9.17 Å². The molecule has 0 bridgehead atoms. The number of rotatable bonds is 0.